The SMILES string of the molecule is CNC(=S)Nc1ccc(NC(=S)NCCC[Si](C)(O)O)cc1. The maximum Gasteiger partial charge on any atom is 0.329 e. The number of hydrogen-bond donors (Lipinski definition) is 6. The molecule has 6 N–H and O–H groups in total. The van der Waals surface area contributed by atoms with E-state index in [2.05, 4.69) is 21.3 Å². The quantitative estimate of drug-likeness (QED) is 0.258. The van der Waals surface area contributed by atoms with Crippen molar-refractivity contribution in [2.75, 3.05) is 24.2 Å². The number of hydrogen-bond acceptors (Lipinski definition) is 4. The van der Waals surface area contributed by atoms with Gasteiger partial charge < -0.3 is 30.9 Å². The Morgan fingerprint density at radius 1 is 1.05 bits per heavy atom. The molecule has 0 amide bonds. The molecule has 9 heteroatoms. The van der Waals surface area contributed by atoms with Gasteiger partial charge in [0.15, 0.2) is 10.2 Å². The lowest BCUT2D eigenvalue weighted by atomic mass is 10.3. The highest BCUT2D eigenvalue weighted by Gasteiger charge is 2.19. The lowest BCUT2D eigenvalue weighted by molar-refractivity contribution is 0.367. The van der Waals surface area contributed by atoms with Crippen molar-refractivity contribution in [2.24, 2.45) is 0 Å². The molecule has 1 aromatic carbocycles. The molecule has 0 aromatic heterocycles. The molecule has 0 saturated heterocycles. The van der Waals surface area contributed by atoms with E-state index >= 15 is 0 Å². The fourth-order valence-electron chi connectivity index (χ4n) is 1.63. The van der Waals surface area contributed by atoms with E-state index in [1.807, 2.05) is 24.3 Å². The van der Waals surface area contributed by atoms with E-state index in [1.165, 1.54) is 6.55 Å². The Kier molecular flexibility index (Phi) is 7.69. The molecule has 0 heterocycles. The molecule has 0 atom stereocenters. The van der Waals surface area contributed by atoms with E-state index in [0.29, 0.717) is 29.2 Å². The van der Waals surface area contributed by atoms with Crippen molar-refractivity contribution in [1.82, 2.24) is 10.6 Å². The second-order valence-electron chi connectivity index (χ2n) is 4.98. The molecule has 1 rings (SSSR count). The number of thiocarbonyl (C=S) groups is 2. The number of rotatable bonds is 6. The largest absolute Gasteiger partial charge is 0.411 e. The zero-order valence-corrected chi connectivity index (χ0v) is 15.3. The molecule has 0 saturated carbocycles. The second kappa shape index (κ2) is 9.01. The van der Waals surface area contributed by atoms with Gasteiger partial charge in [0.25, 0.3) is 0 Å². The van der Waals surface area contributed by atoms with Gasteiger partial charge in [-0.2, -0.15) is 0 Å². The highest BCUT2D eigenvalue weighted by atomic mass is 32.1. The Balaban J connectivity index is 2.34. The summed E-state index contributed by atoms with van der Waals surface area (Å²) in [6, 6.07) is 7.99. The summed E-state index contributed by atoms with van der Waals surface area (Å²) in [5, 5.41) is 13.0. The van der Waals surface area contributed by atoms with Crippen molar-refractivity contribution in [3.8, 4) is 0 Å². The summed E-state index contributed by atoms with van der Waals surface area (Å²) in [7, 11) is -1.19. The maximum absolute atomic E-state index is 9.32. The van der Waals surface area contributed by atoms with Crippen LogP contribution in [0.15, 0.2) is 24.3 Å². The van der Waals surface area contributed by atoms with Crippen LogP contribution in [0, 0.1) is 0 Å². The zero-order chi connectivity index (χ0) is 16.6. The van der Waals surface area contributed by atoms with E-state index < -0.39 is 8.56 Å². The molecule has 122 valence electrons. The van der Waals surface area contributed by atoms with E-state index in [0.717, 1.165) is 11.4 Å². The van der Waals surface area contributed by atoms with Crippen LogP contribution in [-0.2, 0) is 0 Å². The van der Waals surface area contributed by atoms with Crippen molar-refractivity contribution in [1.29, 1.82) is 0 Å². The smallest absolute Gasteiger partial charge is 0.329 e. The van der Waals surface area contributed by atoms with Gasteiger partial charge in [0.2, 0.25) is 0 Å². The van der Waals surface area contributed by atoms with E-state index in [4.69, 9.17) is 24.4 Å². The van der Waals surface area contributed by atoms with Crippen LogP contribution in [-0.4, -0.2) is 42.0 Å². The highest BCUT2D eigenvalue weighted by Crippen LogP contribution is 2.13. The average molecular weight is 359 g/mol. The summed E-state index contributed by atoms with van der Waals surface area (Å²) in [6.07, 6.45) is 0.669. The Morgan fingerprint density at radius 3 is 2.00 bits per heavy atom. The van der Waals surface area contributed by atoms with Crippen molar-refractivity contribution in [2.45, 2.75) is 19.0 Å². The molecule has 0 radical (unpaired) electrons. The van der Waals surface area contributed by atoms with Gasteiger partial charge in [-0.25, -0.2) is 0 Å². The fourth-order valence-corrected chi connectivity index (χ4v) is 2.82. The number of benzene rings is 1. The summed E-state index contributed by atoms with van der Waals surface area (Å²) >= 11 is 10.2. The van der Waals surface area contributed by atoms with E-state index in [-0.39, 0.29) is 0 Å². The van der Waals surface area contributed by atoms with Crippen LogP contribution < -0.4 is 21.3 Å². The molecule has 0 fully saturated rings. The standard InChI is InChI=1S/C13H22N4O2S2Si/c1-14-12(20)16-10-4-6-11(7-5-10)17-13(21)15-8-3-9-22(2,18)19/h4-7,18-19H,3,8-9H2,1-2H3,(H2,14,16,20)(H2,15,17,21). The van der Waals surface area contributed by atoms with Crippen molar-refractivity contribution < 1.29 is 9.59 Å². The first-order valence-electron chi connectivity index (χ1n) is 6.88. The third kappa shape index (κ3) is 8.25. The molecule has 0 spiro atoms. The molecule has 0 aliphatic heterocycles. The minimum Gasteiger partial charge on any atom is -0.411 e. The van der Waals surface area contributed by atoms with Crippen LogP contribution in [0.3, 0.4) is 0 Å². The van der Waals surface area contributed by atoms with Crippen LogP contribution in [0.4, 0.5) is 11.4 Å². The lowest BCUT2D eigenvalue weighted by Gasteiger charge is -2.14. The Hall–Kier alpha value is -1.26. The summed E-state index contributed by atoms with van der Waals surface area (Å²) in [5.74, 6) is 0. The molecule has 0 bridgehead atoms. The normalized spacial score (nSPS) is 10.7. The summed E-state index contributed by atoms with van der Waals surface area (Å²) in [6.45, 7) is 2.10. The van der Waals surface area contributed by atoms with E-state index in [1.54, 1.807) is 7.05 Å². The van der Waals surface area contributed by atoms with Crippen LogP contribution in [0.2, 0.25) is 12.6 Å². The Labute approximate surface area is 142 Å². The molecule has 0 unspecified atom stereocenters. The van der Waals surface area contributed by atoms with Gasteiger partial charge in [0.05, 0.1) is 0 Å². The van der Waals surface area contributed by atoms with Crippen LogP contribution >= 0.6 is 24.4 Å². The number of anilines is 2. The van der Waals surface area contributed by atoms with Crippen LogP contribution in [0.25, 0.3) is 0 Å². The Bertz CT molecular complexity index is 506. The monoisotopic (exact) mass is 358 g/mol. The van der Waals surface area contributed by atoms with E-state index in [9.17, 15) is 9.59 Å². The predicted octanol–water partition coefficient (Wildman–Crippen LogP) is 1.34. The fraction of sp³-hybridized carbons (Fsp3) is 0.385. The average Bonchev–Trinajstić information content (AvgIpc) is 2.44. The zero-order valence-electron chi connectivity index (χ0n) is 12.6. The van der Waals surface area contributed by atoms with Crippen LogP contribution in [0.1, 0.15) is 6.42 Å². The minimum absolute atomic E-state index is 0.425. The number of nitrogens with one attached hydrogen (secondary N) is 4. The van der Waals surface area contributed by atoms with Crippen molar-refractivity contribution in [3.63, 3.8) is 0 Å². The topological polar surface area (TPSA) is 88.6 Å². The summed E-state index contributed by atoms with van der Waals surface area (Å²) in [4.78, 5) is 18.6. The molecule has 0 aliphatic carbocycles. The van der Waals surface area contributed by atoms with Gasteiger partial charge in [-0.3, -0.25) is 0 Å². The van der Waals surface area contributed by atoms with Crippen LogP contribution in [0.5, 0.6) is 0 Å². The Morgan fingerprint density at radius 2 is 1.55 bits per heavy atom. The molecule has 0 aliphatic rings. The molecule has 6 nitrogen and oxygen atoms in total. The van der Waals surface area contributed by atoms with Gasteiger partial charge in [0, 0.05) is 25.0 Å². The first-order valence-corrected chi connectivity index (χ1v) is 10.3. The third-order valence-electron chi connectivity index (χ3n) is 2.74. The third-order valence-corrected chi connectivity index (χ3v) is 4.59. The van der Waals surface area contributed by atoms with Gasteiger partial charge in [-0.05, 0) is 67.7 Å². The van der Waals surface area contributed by atoms with Gasteiger partial charge in [-0.1, -0.05) is 0 Å². The first-order chi connectivity index (χ1) is 10.3. The minimum atomic E-state index is -2.95. The molecule has 22 heavy (non-hydrogen) atoms. The van der Waals surface area contributed by atoms with Gasteiger partial charge in [-0.15, -0.1) is 0 Å². The first kappa shape index (κ1) is 18.8. The predicted molar refractivity (Wildman–Crippen MR) is 101 cm³/mol. The summed E-state index contributed by atoms with van der Waals surface area (Å²) < 4.78 is 0. The maximum atomic E-state index is 9.32. The highest BCUT2D eigenvalue weighted by molar-refractivity contribution is 7.80. The lowest BCUT2D eigenvalue weighted by Crippen LogP contribution is -2.33. The van der Waals surface area contributed by atoms with Gasteiger partial charge in [0.1, 0.15) is 0 Å². The molecular formula is C13H22N4O2S2Si. The second-order valence-corrected chi connectivity index (χ2v) is 8.73. The van der Waals surface area contributed by atoms with Crippen molar-refractivity contribution in [3.05, 3.63) is 24.3 Å². The van der Waals surface area contributed by atoms with Gasteiger partial charge >= 0.3 is 8.56 Å². The molecular weight excluding hydrogens is 336 g/mol. The van der Waals surface area contributed by atoms with Crippen molar-refractivity contribution >= 4 is 54.6 Å². The summed E-state index contributed by atoms with van der Waals surface area (Å²) in [5.41, 5.74) is 1.75. The molecule has 1 aromatic rings.